The fourth-order valence-corrected chi connectivity index (χ4v) is 7.99. The number of nitrogens with zero attached hydrogens (tertiary/aromatic N) is 3. The van der Waals surface area contributed by atoms with Gasteiger partial charge in [0, 0.05) is 0 Å². The van der Waals surface area contributed by atoms with Gasteiger partial charge in [0.2, 0.25) is 0 Å². The van der Waals surface area contributed by atoms with Crippen molar-refractivity contribution in [1.29, 1.82) is 0 Å². The maximum absolute atomic E-state index is 12.6. The Balaban J connectivity index is 1.61. The minimum absolute atomic E-state index is 0.176. The molecular weight excluding hydrogens is 493 g/mol. The molecular formula is C19H20AsClN3O5S. The summed E-state index contributed by atoms with van der Waals surface area (Å²) in [6.45, 7) is 3.64. The Labute approximate surface area is 185 Å². The summed E-state index contributed by atoms with van der Waals surface area (Å²) in [6, 6.07) is 9.53. The van der Waals surface area contributed by atoms with Crippen LogP contribution in [-0.2, 0) is 12.8 Å². The molecule has 8 nitrogen and oxygen atoms in total. The third kappa shape index (κ3) is 5.33. The zero-order chi connectivity index (χ0) is 21.7. The molecule has 1 aliphatic heterocycles. The number of anilines is 1. The van der Waals surface area contributed by atoms with Crippen molar-refractivity contribution >= 4 is 50.8 Å². The standard InChI is InChI=1S/C19H20AsClN3O5S/c1-2-29-18(25)14-12-16(21)17(22-13-14)23-8-10-24(11-9-23)19(26)20-30(27,28)15-6-4-3-5-7-15/h3-7,12-13H,2,8-11H2,1H3. The summed E-state index contributed by atoms with van der Waals surface area (Å²) >= 11 is 4.73. The number of carbonyl (C=O) groups excluding carboxylic acids is 2. The number of hydrogen-bond donors (Lipinski definition) is 0. The van der Waals surface area contributed by atoms with Crippen molar-refractivity contribution < 1.29 is 22.7 Å². The molecule has 1 radical (unpaired) electrons. The molecule has 1 amide bonds. The molecule has 2 aromatic rings. The van der Waals surface area contributed by atoms with Crippen LogP contribution in [0, 0.1) is 0 Å². The van der Waals surface area contributed by atoms with Gasteiger partial charge in [-0.3, -0.25) is 0 Å². The van der Waals surface area contributed by atoms with Crippen LogP contribution in [0.5, 0.6) is 0 Å². The maximum atomic E-state index is 12.6. The van der Waals surface area contributed by atoms with Gasteiger partial charge in [-0.1, -0.05) is 0 Å². The average Bonchev–Trinajstić information content (AvgIpc) is 2.74. The van der Waals surface area contributed by atoms with Crippen LogP contribution in [-0.4, -0.2) is 76.3 Å². The predicted octanol–water partition coefficient (Wildman–Crippen LogP) is 2.25. The van der Waals surface area contributed by atoms with E-state index in [-0.39, 0.29) is 21.8 Å². The Hall–Kier alpha value is -2.09. The zero-order valence-electron chi connectivity index (χ0n) is 16.2. The Morgan fingerprint density at radius 1 is 1.17 bits per heavy atom. The summed E-state index contributed by atoms with van der Waals surface area (Å²) in [5.41, 5.74) is 0.273. The second-order valence-electron chi connectivity index (χ2n) is 6.39. The number of ether oxygens (including phenoxy) is 1. The number of amides is 1. The average molecular weight is 513 g/mol. The molecule has 0 unspecified atom stereocenters. The van der Waals surface area contributed by atoms with E-state index in [1.165, 1.54) is 24.4 Å². The Morgan fingerprint density at radius 2 is 1.83 bits per heavy atom. The van der Waals surface area contributed by atoms with Crippen LogP contribution in [0.15, 0.2) is 47.5 Å². The number of piperazine rings is 1. The Bertz CT molecular complexity index is 1030. The summed E-state index contributed by atoms with van der Waals surface area (Å²) in [5.74, 6) is 0.0267. The van der Waals surface area contributed by atoms with Crippen molar-refractivity contribution in [2.75, 3.05) is 37.7 Å². The van der Waals surface area contributed by atoms with Gasteiger partial charge >= 0.3 is 179 Å². The van der Waals surface area contributed by atoms with Crippen LogP contribution in [0.2, 0.25) is 5.02 Å². The first kappa shape index (κ1) is 22.6. The predicted molar refractivity (Wildman–Crippen MR) is 114 cm³/mol. The van der Waals surface area contributed by atoms with Gasteiger partial charge in [-0.05, 0) is 6.92 Å². The van der Waals surface area contributed by atoms with Gasteiger partial charge in [0.25, 0.3) is 0 Å². The summed E-state index contributed by atoms with van der Waals surface area (Å²) < 4.78 is 29.5. The number of hydrogen-bond acceptors (Lipinski definition) is 7. The fourth-order valence-electron chi connectivity index (χ4n) is 2.90. The van der Waals surface area contributed by atoms with Crippen LogP contribution < -0.4 is 4.90 Å². The van der Waals surface area contributed by atoms with Gasteiger partial charge < -0.3 is 0 Å². The van der Waals surface area contributed by atoms with Crippen LogP contribution >= 0.6 is 11.6 Å². The quantitative estimate of drug-likeness (QED) is 0.432. The van der Waals surface area contributed by atoms with E-state index in [0.29, 0.717) is 37.0 Å². The Morgan fingerprint density at radius 3 is 2.43 bits per heavy atom. The zero-order valence-corrected chi connectivity index (χ0v) is 19.6. The van der Waals surface area contributed by atoms with Gasteiger partial charge in [0.15, 0.2) is 0 Å². The van der Waals surface area contributed by atoms with Crippen molar-refractivity contribution in [3.05, 3.63) is 53.2 Å². The minimum atomic E-state index is -3.59. The second kappa shape index (κ2) is 9.81. The first-order valence-electron chi connectivity index (χ1n) is 9.21. The number of benzene rings is 1. The molecule has 159 valence electrons. The summed E-state index contributed by atoms with van der Waals surface area (Å²) in [6.07, 6.45) is 1.41. The molecule has 3 rings (SSSR count). The second-order valence-corrected chi connectivity index (χ2v) is 13.4. The number of halogens is 1. The molecule has 30 heavy (non-hydrogen) atoms. The summed E-state index contributed by atoms with van der Waals surface area (Å²) in [7, 11) is -3.59. The normalized spacial score (nSPS) is 14.9. The third-order valence-electron chi connectivity index (χ3n) is 4.42. The summed E-state index contributed by atoms with van der Waals surface area (Å²) in [4.78, 5) is 32.3. The molecule has 0 N–H and O–H groups in total. The molecule has 11 heteroatoms. The molecule has 1 saturated heterocycles. The van der Waals surface area contributed by atoms with Crippen molar-refractivity contribution in [2.24, 2.45) is 0 Å². The van der Waals surface area contributed by atoms with Gasteiger partial charge in [-0.25, -0.2) is 0 Å². The van der Waals surface area contributed by atoms with E-state index >= 15 is 0 Å². The van der Waals surface area contributed by atoms with Gasteiger partial charge in [-0.2, -0.15) is 0 Å². The van der Waals surface area contributed by atoms with Crippen molar-refractivity contribution in [3.8, 4) is 0 Å². The monoisotopic (exact) mass is 512 g/mol. The number of pyridine rings is 1. The molecule has 1 fully saturated rings. The molecule has 0 bridgehead atoms. The van der Waals surface area contributed by atoms with Crippen molar-refractivity contribution in [3.63, 3.8) is 0 Å². The van der Waals surface area contributed by atoms with E-state index in [4.69, 9.17) is 16.3 Å². The fraction of sp³-hybridized carbons (Fsp3) is 0.316. The topological polar surface area (TPSA) is 96.9 Å². The molecule has 2 heterocycles. The van der Waals surface area contributed by atoms with Crippen LogP contribution in [0.3, 0.4) is 0 Å². The number of rotatable bonds is 6. The Kier molecular flexibility index (Phi) is 7.39. The first-order valence-corrected chi connectivity index (χ1v) is 14.3. The van der Waals surface area contributed by atoms with Gasteiger partial charge in [0.05, 0.1) is 0 Å². The molecule has 1 aromatic carbocycles. The van der Waals surface area contributed by atoms with E-state index < -0.39 is 28.7 Å². The van der Waals surface area contributed by atoms with E-state index in [1.54, 1.807) is 30.0 Å². The molecule has 0 aliphatic carbocycles. The van der Waals surface area contributed by atoms with Crippen molar-refractivity contribution in [1.82, 2.24) is 9.88 Å². The number of aromatic nitrogens is 1. The third-order valence-corrected chi connectivity index (χ3v) is 10.4. The van der Waals surface area contributed by atoms with E-state index in [2.05, 4.69) is 4.98 Å². The van der Waals surface area contributed by atoms with Crippen LogP contribution in [0.4, 0.5) is 10.6 Å². The van der Waals surface area contributed by atoms with E-state index in [9.17, 15) is 18.0 Å². The SMILES string of the molecule is CCOC(=O)c1cnc(N2CCN(C(=O)[As]S(=O)(=O)c3ccccc3)CC2)c(Cl)c1. The molecule has 0 atom stereocenters. The van der Waals surface area contributed by atoms with Gasteiger partial charge in [-0.15, -0.1) is 0 Å². The van der Waals surface area contributed by atoms with Crippen LogP contribution in [0.1, 0.15) is 17.3 Å². The van der Waals surface area contributed by atoms with E-state index in [1.807, 2.05) is 4.90 Å². The molecule has 1 aromatic heterocycles. The number of esters is 1. The first-order chi connectivity index (χ1) is 14.3. The molecule has 1 aliphatic rings. The summed E-state index contributed by atoms with van der Waals surface area (Å²) in [5, 5.41) is 0.318. The molecule has 0 spiro atoms. The van der Waals surface area contributed by atoms with Crippen LogP contribution in [0.25, 0.3) is 0 Å². The molecule has 0 saturated carbocycles. The van der Waals surface area contributed by atoms with Gasteiger partial charge in [0.1, 0.15) is 0 Å². The van der Waals surface area contributed by atoms with Crippen molar-refractivity contribution in [2.45, 2.75) is 11.8 Å². The number of carbonyl (C=O) groups is 2. The van der Waals surface area contributed by atoms with E-state index in [0.717, 1.165) is 0 Å².